The van der Waals surface area contributed by atoms with E-state index >= 15 is 0 Å². The van der Waals surface area contributed by atoms with E-state index in [4.69, 9.17) is 16.6 Å². The van der Waals surface area contributed by atoms with Crippen molar-refractivity contribution in [1.82, 2.24) is 0 Å². The number of nitrogen functional groups attached to an aromatic ring is 1. The quantitative estimate of drug-likeness (QED) is 0.240. The second kappa shape index (κ2) is 8.66. The smallest absolute Gasteiger partial charge is 0.316 e. The summed E-state index contributed by atoms with van der Waals surface area (Å²) in [5, 5.41) is 49.8. The fourth-order valence-corrected chi connectivity index (χ4v) is 2.08. The van der Waals surface area contributed by atoms with E-state index < -0.39 is 37.1 Å². The number of carbonyl (C=O) groups is 1. The van der Waals surface area contributed by atoms with Crippen molar-refractivity contribution in [3.05, 3.63) is 18.2 Å². The van der Waals surface area contributed by atoms with Crippen LogP contribution in [0.25, 0.3) is 0 Å². The molecule has 0 heterocycles. The number of nitrogens with two attached hydrogens (primary N) is 2. The number of amides is 2. The van der Waals surface area contributed by atoms with E-state index in [2.05, 4.69) is 5.32 Å². The first-order chi connectivity index (χ1) is 11.2. The number of nitrogens with one attached hydrogen (secondary N) is 1. The second-order valence-corrected chi connectivity index (χ2v) is 5.44. The average Bonchev–Trinajstić information content (AvgIpc) is 2.53. The molecule has 10 heteroatoms. The molecule has 4 atom stereocenters. The van der Waals surface area contributed by atoms with Crippen LogP contribution in [0.5, 0.6) is 0 Å². The lowest BCUT2D eigenvalue weighted by atomic mass is 10.0. The van der Waals surface area contributed by atoms with Crippen LogP contribution in [0.4, 0.5) is 21.9 Å². The van der Waals surface area contributed by atoms with Gasteiger partial charge in [-0.05, 0) is 18.2 Å². The van der Waals surface area contributed by atoms with Gasteiger partial charge in [0.05, 0.1) is 24.1 Å². The minimum absolute atomic E-state index is 0.101. The van der Waals surface area contributed by atoms with Crippen LogP contribution in [0.2, 0.25) is 0 Å². The molecule has 0 aliphatic rings. The minimum Gasteiger partial charge on any atom is -0.397 e. The number of carbonyl (C=O) groups excluding carboxylic acids is 1. The molecule has 0 fully saturated rings. The summed E-state index contributed by atoms with van der Waals surface area (Å²) in [6, 6.07) is 3.90. The Labute approximate surface area is 138 Å². The third-order valence-electron chi connectivity index (χ3n) is 3.52. The summed E-state index contributed by atoms with van der Waals surface area (Å²) in [5.74, 6) is 0. The lowest BCUT2D eigenvalue weighted by Crippen LogP contribution is -2.49. The largest absolute Gasteiger partial charge is 0.397 e. The van der Waals surface area contributed by atoms with Gasteiger partial charge in [0.1, 0.15) is 18.3 Å². The number of primary amides is 1. The molecule has 0 aliphatic carbocycles. The highest BCUT2D eigenvalue weighted by molar-refractivity contribution is 5.92. The zero-order valence-electron chi connectivity index (χ0n) is 13.2. The maximum absolute atomic E-state index is 10.9. The topological polar surface area (TPSA) is 186 Å². The minimum atomic E-state index is -1.70. The Morgan fingerprint density at radius 1 is 1.21 bits per heavy atom. The lowest BCUT2D eigenvalue weighted by molar-refractivity contribution is -0.112. The lowest BCUT2D eigenvalue weighted by Gasteiger charge is -2.29. The van der Waals surface area contributed by atoms with Crippen molar-refractivity contribution in [3.8, 4) is 0 Å². The Morgan fingerprint density at radius 3 is 2.33 bits per heavy atom. The summed E-state index contributed by atoms with van der Waals surface area (Å²) in [6.07, 6.45) is -6.33. The first kappa shape index (κ1) is 19.9. The van der Waals surface area contributed by atoms with Crippen LogP contribution in [0, 0.1) is 0 Å². The molecule has 0 saturated heterocycles. The Balaban J connectivity index is 2.80. The predicted octanol–water partition coefficient (Wildman–Crippen LogP) is -2.37. The van der Waals surface area contributed by atoms with Crippen molar-refractivity contribution in [3.63, 3.8) is 0 Å². The molecule has 24 heavy (non-hydrogen) atoms. The van der Waals surface area contributed by atoms with E-state index in [1.165, 1.54) is 17.0 Å². The van der Waals surface area contributed by atoms with Gasteiger partial charge in [0.2, 0.25) is 0 Å². The van der Waals surface area contributed by atoms with Gasteiger partial charge in [-0.25, -0.2) is 4.79 Å². The molecule has 2 amide bonds. The SMILES string of the molecule is CN(CC(O)C(O)C(O)C(O)CO)c1ccc(N)c(NC(N)=O)c1. The number of urea groups is 1. The predicted molar refractivity (Wildman–Crippen MR) is 88.4 cm³/mol. The summed E-state index contributed by atoms with van der Waals surface area (Å²) in [4.78, 5) is 12.5. The number of anilines is 3. The van der Waals surface area contributed by atoms with Crippen LogP contribution >= 0.6 is 0 Å². The zero-order valence-corrected chi connectivity index (χ0v) is 13.2. The second-order valence-electron chi connectivity index (χ2n) is 5.44. The summed E-state index contributed by atoms with van der Waals surface area (Å²) in [5.41, 5.74) is 11.9. The number of nitrogens with zero attached hydrogens (tertiary/aromatic N) is 1. The summed E-state index contributed by atoms with van der Waals surface area (Å²) < 4.78 is 0. The van der Waals surface area contributed by atoms with Crippen LogP contribution in [0.15, 0.2) is 18.2 Å². The molecule has 0 radical (unpaired) electrons. The van der Waals surface area contributed by atoms with Crippen molar-refractivity contribution in [2.45, 2.75) is 24.4 Å². The Morgan fingerprint density at radius 2 is 1.79 bits per heavy atom. The summed E-state index contributed by atoms with van der Waals surface area (Å²) in [7, 11) is 1.60. The van der Waals surface area contributed by atoms with E-state index in [-0.39, 0.29) is 12.2 Å². The third kappa shape index (κ3) is 5.22. The van der Waals surface area contributed by atoms with Gasteiger partial charge in [0.15, 0.2) is 0 Å². The first-order valence-corrected chi connectivity index (χ1v) is 7.17. The first-order valence-electron chi connectivity index (χ1n) is 7.17. The molecule has 10 N–H and O–H groups in total. The highest BCUT2D eigenvalue weighted by atomic mass is 16.4. The number of hydrogen-bond donors (Lipinski definition) is 8. The molecule has 10 nitrogen and oxygen atoms in total. The molecular weight excluding hydrogens is 320 g/mol. The van der Waals surface area contributed by atoms with Crippen LogP contribution < -0.4 is 21.7 Å². The highest BCUT2D eigenvalue weighted by Gasteiger charge is 2.30. The third-order valence-corrected chi connectivity index (χ3v) is 3.52. The standard InChI is InChI=1S/C14H24N4O6/c1-18(5-10(20)12(22)13(23)11(21)6-19)7-2-3-8(15)9(4-7)17-14(16)24/h2-4,10-13,19-23H,5-6,15H2,1H3,(H3,16,17,24). The fourth-order valence-electron chi connectivity index (χ4n) is 2.08. The van der Waals surface area contributed by atoms with Gasteiger partial charge in [-0.15, -0.1) is 0 Å². The molecule has 0 saturated carbocycles. The zero-order chi connectivity index (χ0) is 18.4. The van der Waals surface area contributed by atoms with Crippen LogP contribution in [0.1, 0.15) is 0 Å². The molecule has 1 rings (SSSR count). The number of benzene rings is 1. The molecule has 0 aromatic heterocycles. The van der Waals surface area contributed by atoms with Gasteiger partial charge in [-0.1, -0.05) is 0 Å². The molecular formula is C14H24N4O6. The number of aliphatic hydroxyl groups is 5. The fraction of sp³-hybridized carbons (Fsp3) is 0.500. The highest BCUT2D eigenvalue weighted by Crippen LogP contribution is 2.25. The number of likely N-dealkylation sites (N-methyl/N-ethyl adjacent to an activating group) is 1. The molecule has 1 aromatic rings. The van der Waals surface area contributed by atoms with Crippen molar-refractivity contribution in [1.29, 1.82) is 0 Å². The Bertz CT molecular complexity index is 558. The van der Waals surface area contributed by atoms with Crippen molar-refractivity contribution >= 4 is 23.1 Å². The molecule has 0 spiro atoms. The molecule has 4 unspecified atom stereocenters. The number of rotatable bonds is 8. The molecule has 136 valence electrons. The van der Waals surface area contributed by atoms with Crippen molar-refractivity contribution in [2.75, 3.05) is 36.1 Å². The van der Waals surface area contributed by atoms with Gasteiger partial charge in [0.25, 0.3) is 0 Å². The summed E-state index contributed by atoms with van der Waals surface area (Å²) >= 11 is 0. The van der Waals surface area contributed by atoms with E-state index in [1.54, 1.807) is 13.1 Å². The van der Waals surface area contributed by atoms with Gasteiger partial charge in [-0.3, -0.25) is 0 Å². The van der Waals surface area contributed by atoms with E-state index in [9.17, 15) is 25.2 Å². The van der Waals surface area contributed by atoms with Gasteiger partial charge >= 0.3 is 6.03 Å². The van der Waals surface area contributed by atoms with Crippen molar-refractivity contribution < 1.29 is 30.3 Å². The Kier molecular flexibility index (Phi) is 7.19. The molecule has 0 bridgehead atoms. The van der Waals surface area contributed by atoms with Gasteiger partial charge < -0.3 is 47.2 Å². The van der Waals surface area contributed by atoms with Crippen LogP contribution in [0.3, 0.4) is 0 Å². The van der Waals surface area contributed by atoms with E-state index in [0.29, 0.717) is 11.4 Å². The monoisotopic (exact) mass is 344 g/mol. The summed E-state index contributed by atoms with van der Waals surface area (Å²) in [6.45, 7) is -0.850. The van der Waals surface area contributed by atoms with E-state index in [0.717, 1.165) is 0 Å². The Hall–Kier alpha value is -2.11. The normalized spacial score (nSPS) is 16.1. The van der Waals surface area contributed by atoms with Crippen LogP contribution in [-0.4, -0.2) is 76.2 Å². The van der Waals surface area contributed by atoms with Crippen molar-refractivity contribution in [2.24, 2.45) is 5.73 Å². The maximum atomic E-state index is 10.9. The molecule has 1 aromatic carbocycles. The van der Waals surface area contributed by atoms with E-state index in [1.807, 2.05) is 0 Å². The number of aliphatic hydroxyl groups excluding tert-OH is 5. The van der Waals surface area contributed by atoms with Crippen LogP contribution in [-0.2, 0) is 0 Å². The average molecular weight is 344 g/mol. The van der Waals surface area contributed by atoms with Gasteiger partial charge in [-0.2, -0.15) is 0 Å². The van der Waals surface area contributed by atoms with Gasteiger partial charge in [0, 0.05) is 19.3 Å². The molecule has 0 aliphatic heterocycles. The maximum Gasteiger partial charge on any atom is 0.316 e. The number of hydrogen-bond acceptors (Lipinski definition) is 8.